The molecule has 0 radical (unpaired) electrons. The summed E-state index contributed by atoms with van der Waals surface area (Å²) in [4.78, 5) is 12.4. The van der Waals surface area contributed by atoms with E-state index in [0.29, 0.717) is 29.1 Å². The second kappa shape index (κ2) is 5.80. The van der Waals surface area contributed by atoms with Crippen LogP contribution in [0.5, 0.6) is 0 Å². The number of nitrogens with two attached hydrogens (primary N) is 1. The summed E-state index contributed by atoms with van der Waals surface area (Å²) < 4.78 is 0. The Morgan fingerprint density at radius 2 is 1.61 bits per heavy atom. The first-order valence-corrected chi connectivity index (χ1v) is 6.19. The molecule has 3 heteroatoms. The molecule has 0 aliphatic carbocycles. The zero-order valence-corrected chi connectivity index (χ0v) is 10.7. The van der Waals surface area contributed by atoms with Crippen LogP contribution in [0.15, 0.2) is 48.5 Å². The second-order valence-electron chi connectivity index (χ2n) is 4.00. The van der Waals surface area contributed by atoms with Crippen molar-refractivity contribution in [2.45, 2.75) is 6.42 Å². The number of halogens is 1. The molecule has 2 aromatic rings. The quantitative estimate of drug-likeness (QED) is 0.858. The zero-order valence-electron chi connectivity index (χ0n) is 9.90. The largest absolute Gasteiger partial charge is 0.330 e. The van der Waals surface area contributed by atoms with E-state index in [1.165, 1.54) is 0 Å². The highest BCUT2D eigenvalue weighted by molar-refractivity contribution is 6.35. The molecule has 2 rings (SSSR count). The third-order valence-corrected chi connectivity index (χ3v) is 3.12. The van der Waals surface area contributed by atoms with Gasteiger partial charge >= 0.3 is 0 Å². The number of benzene rings is 2. The molecule has 0 aliphatic heterocycles. The van der Waals surface area contributed by atoms with E-state index in [1.54, 1.807) is 12.1 Å². The molecule has 0 saturated carbocycles. The van der Waals surface area contributed by atoms with Crippen LogP contribution in [0, 0.1) is 0 Å². The zero-order chi connectivity index (χ0) is 13.0. The molecule has 2 N–H and O–H groups in total. The molecule has 2 nitrogen and oxygen atoms in total. The Morgan fingerprint density at radius 3 is 2.28 bits per heavy atom. The van der Waals surface area contributed by atoms with Crippen molar-refractivity contribution >= 4 is 17.4 Å². The summed E-state index contributed by atoms with van der Waals surface area (Å²) in [5.41, 5.74) is 7.73. The summed E-state index contributed by atoms with van der Waals surface area (Å²) in [5, 5.41) is 0.477. The standard InChI is InChI=1S/C15H14ClNO/c16-14-8-4-3-7-13(14)15(18)12-6-2-1-5-11(12)9-10-17/h1-8H,9-10,17H2. The molecule has 18 heavy (non-hydrogen) atoms. The van der Waals surface area contributed by atoms with Crippen molar-refractivity contribution in [3.63, 3.8) is 0 Å². The monoisotopic (exact) mass is 259 g/mol. The average molecular weight is 260 g/mol. The molecule has 0 atom stereocenters. The molecule has 0 bridgehead atoms. The molecule has 0 spiro atoms. The lowest BCUT2D eigenvalue weighted by Crippen LogP contribution is -2.10. The van der Waals surface area contributed by atoms with Crippen LogP contribution >= 0.6 is 11.6 Å². The van der Waals surface area contributed by atoms with Crippen molar-refractivity contribution < 1.29 is 4.79 Å². The van der Waals surface area contributed by atoms with E-state index in [-0.39, 0.29) is 5.78 Å². The summed E-state index contributed by atoms with van der Waals surface area (Å²) >= 11 is 6.05. The van der Waals surface area contributed by atoms with Gasteiger partial charge < -0.3 is 5.73 Å². The highest BCUT2D eigenvalue weighted by atomic mass is 35.5. The lowest BCUT2D eigenvalue weighted by atomic mass is 9.97. The molecule has 0 aromatic heterocycles. The van der Waals surface area contributed by atoms with Gasteiger partial charge in [-0.25, -0.2) is 0 Å². The van der Waals surface area contributed by atoms with Crippen LogP contribution in [0.25, 0.3) is 0 Å². The minimum Gasteiger partial charge on any atom is -0.330 e. The number of carbonyl (C=O) groups is 1. The molecular formula is C15H14ClNO. The van der Waals surface area contributed by atoms with Gasteiger partial charge in [0.2, 0.25) is 0 Å². The topological polar surface area (TPSA) is 43.1 Å². The van der Waals surface area contributed by atoms with Crippen LogP contribution in [0.4, 0.5) is 0 Å². The van der Waals surface area contributed by atoms with Crippen molar-refractivity contribution in [1.82, 2.24) is 0 Å². The van der Waals surface area contributed by atoms with Crippen LogP contribution in [0.2, 0.25) is 5.02 Å². The van der Waals surface area contributed by atoms with Crippen LogP contribution in [0.1, 0.15) is 21.5 Å². The fourth-order valence-electron chi connectivity index (χ4n) is 1.91. The summed E-state index contributed by atoms with van der Waals surface area (Å²) in [6.07, 6.45) is 0.687. The predicted octanol–water partition coefficient (Wildman–Crippen LogP) is 3.07. The van der Waals surface area contributed by atoms with E-state index in [2.05, 4.69) is 0 Å². The fourth-order valence-corrected chi connectivity index (χ4v) is 2.13. The number of hydrogen-bond donors (Lipinski definition) is 1. The Balaban J connectivity index is 2.43. The van der Waals surface area contributed by atoms with Crippen LogP contribution in [0.3, 0.4) is 0 Å². The first-order chi connectivity index (χ1) is 8.74. The summed E-state index contributed by atoms with van der Waals surface area (Å²) in [6.45, 7) is 0.521. The van der Waals surface area contributed by atoms with Gasteiger partial charge in [-0.15, -0.1) is 0 Å². The van der Waals surface area contributed by atoms with Gasteiger partial charge in [0.1, 0.15) is 0 Å². The van der Waals surface area contributed by atoms with Gasteiger partial charge in [0.05, 0.1) is 5.02 Å². The van der Waals surface area contributed by atoms with E-state index >= 15 is 0 Å². The van der Waals surface area contributed by atoms with Gasteiger partial charge in [0.25, 0.3) is 0 Å². The number of hydrogen-bond acceptors (Lipinski definition) is 2. The molecule has 2 aromatic carbocycles. The first kappa shape index (κ1) is 12.8. The average Bonchev–Trinajstić information content (AvgIpc) is 2.40. The van der Waals surface area contributed by atoms with Crippen molar-refractivity contribution in [1.29, 1.82) is 0 Å². The molecule has 0 heterocycles. The lowest BCUT2D eigenvalue weighted by molar-refractivity contribution is 0.103. The van der Waals surface area contributed by atoms with Gasteiger partial charge in [-0.05, 0) is 30.7 Å². The first-order valence-electron chi connectivity index (χ1n) is 5.81. The van der Waals surface area contributed by atoms with Crippen LogP contribution < -0.4 is 5.73 Å². The molecule has 0 aliphatic rings. The van der Waals surface area contributed by atoms with Crippen molar-refractivity contribution in [2.24, 2.45) is 5.73 Å². The van der Waals surface area contributed by atoms with Crippen molar-refractivity contribution in [3.8, 4) is 0 Å². The summed E-state index contributed by atoms with van der Waals surface area (Å²) in [5.74, 6) is -0.0512. The Morgan fingerprint density at radius 1 is 1.00 bits per heavy atom. The van der Waals surface area contributed by atoms with E-state index in [4.69, 9.17) is 17.3 Å². The summed E-state index contributed by atoms with van der Waals surface area (Å²) in [7, 11) is 0. The van der Waals surface area contributed by atoms with Gasteiger partial charge in [0.15, 0.2) is 5.78 Å². The van der Waals surface area contributed by atoms with Gasteiger partial charge in [-0.2, -0.15) is 0 Å². The molecule has 0 unspecified atom stereocenters. The van der Waals surface area contributed by atoms with Crippen molar-refractivity contribution in [3.05, 3.63) is 70.2 Å². The van der Waals surface area contributed by atoms with Crippen molar-refractivity contribution in [2.75, 3.05) is 6.54 Å². The number of ketones is 1. The van der Waals surface area contributed by atoms with Gasteiger partial charge in [-0.1, -0.05) is 48.0 Å². The number of rotatable bonds is 4. The van der Waals surface area contributed by atoms with E-state index in [1.807, 2.05) is 36.4 Å². The summed E-state index contributed by atoms with van der Waals surface area (Å²) in [6, 6.07) is 14.6. The van der Waals surface area contributed by atoms with Crippen LogP contribution in [-0.4, -0.2) is 12.3 Å². The number of carbonyl (C=O) groups excluding carboxylic acids is 1. The smallest absolute Gasteiger partial charge is 0.194 e. The molecule has 0 fully saturated rings. The normalized spacial score (nSPS) is 10.3. The second-order valence-corrected chi connectivity index (χ2v) is 4.41. The Labute approximate surface area is 111 Å². The van der Waals surface area contributed by atoms with Crippen LogP contribution in [-0.2, 0) is 6.42 Å². The SMILES string of the molecule is NCCc1ccccc1C(=O)c1ccccc1Cl. The Bertz CT molecular complexity index is 566. The Hall–Kier alpha value is -1.64. The fraction of sp³-hybridized carbons (Fsp3) is 0.133. The maximum Gasteiger partial charge on any atom is 0.194 e. The highest BCUT2D eigenvalue weighted by Gasteiger charge is 2.15. The minimum absolute atomic E-state index is 0.0512. The van der Waals surface area contributed by atoms with E-state index in [0.717, 1.165) is 5.56 Å². The maximum absolute atomic E-state index is 12.4. The maximum atomic E-state index is 12.4. The van der Waals surface area contributed by atoms with Gasteiger partial charge in [0, 0.05) is 11.1 Å². The molecule has 92 valence electrons. The van der Waals surface area contributed by atoms with E-state index < -0.39 is 0 Å². The predicted molar refractivity (Wildman–Crippen MR) is 74.1 cm³/mol. The third kappa shape index (κ3) is 2.61. The highest BCUT2D eigenvalue weighted by Crippen LogP contribution is 2.21. The Kier molecular flexibility index (Phi) is 4.13. The molecule has 0 saturated heterocycles. The minimum atomic E-state index is -0.0512. The lowest BCUT2D eigenvalue weighted by Gasteiger charge is -2.08. The molecule has 0 amide bonds. The van der Waals surface area contributed by atoms with Gasteiger partial charge in [-0.3, -0.25) is 4.79 Å². The molecular weight excluding hydrogens is 246 g/mol. The third-order valence-electron chi connectivity index (χ3n) is 2.79. The van der Waals surface area contributed by atoms with E-state index in [9.17, 15) is 4.79 Å².